The molecule has 0 bridgehead atoms. The molecule has 0 aliphatic carbocycles. The number of nitrogens with two attached hydrogens (primary N) is 2. The van der Waals surface area contributed by atoms with Crippen LogP contribution in [-0.2, 0) is 11.3 Å². The van der Waals surface area contributed by atoms with Crippen molar-refractivity contribution in [1.82, 2.24) is 4.90 Å². The van der Waals surface area contributed by atoms with Gasteiger partial charge in [-0.05, 0) is 23.9 Å². The van der Waals surface area contributed by atoms with Crippen molar-refractivity contribution in [2.45, 2.75) is 12.6 Å². The maximum Gasteiger partial charge on any atom is 0.0717 e. The van der Waals surface area contributed by atoms with Gasteiger partial charge in [-0.25, -0.2) is 5.84 Å². The largest absolute Gasteiger partial charge is 0.375 e. The summed E-state index contributed by atoms with van der Waals surface area (Å²) in [7, 11) is 0. The van der Waals surface area contributed by atoms with Gasteiger partial charge in [0.2, 0.25) is 0 Å². The van der Waals surface area contributed by atoms with Gasteiger partial charge >= 0.3 is 0 Å². The molecule has 2 rings (SSSR count). The third-order valence-corrected chi connectivity index (χ3v) is 4.08. The standard InChI is InChI=1S/C20H28N4O/c1-2-23(13-14-25-17-18-9-5-3-6-10-18)20(15-21)16-24(22)19-11-7-4-8-12-19/h2-12,20H,1,13-17,21-22H2/t20-/m1/s1. The average molecular weight is 340 g/mol. The fourth-order valence-electron chi connectivity index (χ4n) is 2.62. The van der Waals surface area contributed by atoms with Crippen molar-refractivity contribution < 1.29 is 4.74 Å². The fraction of sp³-hybridized carbons (Fsp3) is 0.300. The van der Waals surface area contributed by atoms with E-state index >= 15 is 0 Å². The average Bonchev–Trinajstić information content (AvgIpc) is 2.68. The van der Waals surface area contributed by atoms with Crippen LogP contribution in [0.2, 0.25) is 0 Å². The quantitative estimate of drug-likeness (QED) is 0.373. The molecule has 0 saturated carbocycles. The van der Waals surface area contributed by atoms with Gasteiger partial charge in [0.05, 0.1) is 31.5 Å². The van der Waals surface area contributed by atoms with Crippen LogP contribution in [0.25, 0.3) is 0 Å². The minimum atomic E-state index is 0.0723. The number of hydrazine groups is 1. The molecule has 0 fully saturated rings. The molecule has 0 spiro atoms. The summed E-state index contributed by atoms with van der Waals surface area (Å²) in [5.74, 6) is 6.18. The molecule has 25 heavy (non-hydrogen) atoms. The van der Waals surface area contributed by atoms with Gasteiger partial charge in [-0.15, -0.1) is 0 Å². The molecule has 0 aliphatic heterocycles. The van der Waals surface area contributed by atoms with Gasteiger partial charge in [-0.2, -0.15) is 0 Å². The summed E-state index contributed by atoms with van der Waals surface area (Å²) in [5, 5.41) is 1.72. The molecular formula is C20H28N4O. The first-order chi connectivity index (χ1) is 12.2. The van der Waals surface area contributed by atoms with E-state index in [9.17, 15) is 0 Å². The van der Waals surface area contributed by atoms with Gasteiger partial charge in [0.25, 0.3) is 0 Å². The van der Waals surface area contributed by atoms with Gasteiger partial charge in [0.1, 0.15) is 0 Å². The molecule has 5 nitrogen and oxygen atoms in total. The predicted octanol–water partition coefficient (Wildman–Crippen LogP) is 2.36. The molecule has 0 saturated heterocycles. The molecular weight excluding hydrogens is 312 g/mol. The van der Waals surface area contributed by atoms with Crippen LogP contribution in [0.3, 0.4) is 0 Å². The first-order valence-corrected chi connectivity index (χ1v) is 8.52. The Morgan fingerprint density at radius 3 is 2.28 bits per heavy atom. The minimum Gasteiger partial charge on any atom is -0.375 e. The molecule has 0 amide bonds. The van der Waals surface area contributed by atoms with Crippen molar-refractivity contribution in [3.63, 3.8) is 0 Å². The van der Waals surface area contributed by atoms with Gasteiger partial charge in [-0.1, -0.05) is 55.1 Å². The molecule has 0 radical (unpaired) electrons. The van der Waals surface area contributed by atoms with Crippen LogP contribution in [0.5, 0.6) is 0 Å². The van der Waals surface area contributed by atoms with Crippen LogP contribution >= 0.6 is 0 Å². The van der Waals surface area contributed by atoms with Crippen LogP contribution in [0.1, 0.15) is 5.56 Å². The number of ether oxygens (including phenoxy) is 1. The van der Waals surface area contributed by atoms with E-state index in [4.69, 9.17) is 16.3 Å². The number of anilines is 1. The van der Waals surface area contributed by atoms with E-state index < -0.39 is 0 Å². The SMILES string of the molecule is C=CN(CCOCc1ccccc1)[C@H](CN)CN(N)c1ccccc1. The summed E-state index contributed by atoms with van der Waals surface area (Å²) in [6.07, 6.45) is 1.81. The highest BCUT2D eigenvalue weighted by Gasteiger charge is 2.16. The molecule has 0 aromatic heterocycles. The lowest BCUT2D eigenvalue weighted by molar-refractivity contribution is 0.0959. The van der Waals surface area contributed by atoms with E-state index in [1.807, 2.05) is 54.7 Å². The van der Waals surface area contributed by atoms with Crippen molar-refractivity contribution in [2.24, 2.45) is 11.6 Å². The monoisotopic (exact) mass is 340 g/mol. The number of rotatable bonds is 11. The smallest absolute Gasteiger partial charge is 0.0717 e. The highest BCUT2D eigenvalue weighted by molar-refractivity contribution is 5.44. The summed E-state index contributed by atoms with van der Waals surface area (Å²) < 4.78 is 5.76. The summed E-state index contributed by atoms with van der Waals surface area (Å²) in [5.41, 5.74) is 8.09. The second kappa shape index (κ2) is 10.5. The molecule has 2 aromatic carbocycles. The van der Waals surface area contributed by atoms with Crippen molar-refractivity contribution in [3.8, 4) is 0 Å². The van der Waals surface area contributed by atoms with Crippen LogP contribution < -0.4 is 16.6 Å². The first-order valence-electron chi connectivity index (χ1n) is 8.52. The highest BCUT2D eigenvalue weighted by atomic mass is 16.5. The Hall–Kier alpha value is -2.34. The van der Waals surface area contributed by atoms with Crippen LogP contribution in [0, 0.1) is 0 Å². The topological polar surface area (TPSA) is 67.8 Å². The zero-order valence-electron chi connectivity index (χ0n) is 14.6. The zero-order chi connectivity index (χ0) is 17.9. The van der Waals surface area contributed by atoms with Gasteiger partial charge in [-0.3, -0.25) is 0 Å². The van der Waals surface area contributed by atoms with Crippen molar-refractivity contribution in [2.75, 3.05) is 31.3 Å². The van der Waals surface area contributed by atoms with Crippen molar-refractivity contribution in [3.05, 3.63) is 79.0 Å². The molecule has 2 aromatic rings. The van der Waals surface area contributed by atoms with E-state index in [0.717, 1.165) is 12.2 Å². The lowest BCUT2D eigenvalue weighted by Gasteiger charge is -2.33. The van der Waals surface area contributed by atoms with Crippen LogP contribution in [-0.4, -0.2) is 37.2 Å². The van der Waals surface area contributed by atoms with Crippen molar-refractivity contribution >= 4 is 5.69 Å². The Morgan fingerprint density at radius 2 is 1.68 bits per heavy atom. The van der Waals surface area contributed by atoms with Crippen molar-refractivity contribution in [1.29, 1.82) is 0 Å². The molecule has 0 aliphatic rings. The molecule has 1 atom stereocenters. The fourth-order valence-corrected chi connectivity index (χ4v) is 2.62. The summed E-state index contributed by atoms with van der Waals surface area (Å²) in [6.45, 7) is 6.94. The normalized spacial score (nSPS) is 11.8. The third-order valence-electron chi connectivity index (χ3n) is 4.08. The van der Waals surface area contributed by atoms with E-state index in [-0.39, 0.29) is 6.04 Å². The lowest BCUT2D eigenvalue weighted by Crippen LogP contribution is -2.49. The molecule has 0 unspecified atom stereocenters. The molecule has 0 heterocycles. The lowest BCUT2D eigenvalue weighted by atomic mass is 10.2. The first kappa shape index (κ1) is 19.0. The molecule has 4 N–H and O–H groups in total. The Morgan fingerprint density at radius 1 is 1.04 bits per heavy atom. The van der Waals surface area contributed by atoms with Gasteiger partial charge in [0.15, 0.2) is 0 Å². The second-order valence-corrected chi connectivity index (χ2v) is 5.84. The number of nitrogens with zero attached hydrogens (tertiary/aromatic N) is 2. The number of para-hydroxylation sites is 1. The Kier molecular flexibility index (Phi) is 7.98. The second-order valence-electron chi connectivity index (χ2n) is 5.84. The van der Waals surface area contributed by atoms with E-state index in [1.54, 1.807) is 5.01 Å². The van der Waals surface area contributed by atoms with Crippen LogP contribution in [0.4, 0.5) is 5.69 Å². The zero-order valence-corrected chi connectivity index (χ0v) is 14.6. The van der Waals surface area contributed by atoms with E-state index in [0.29, 0.717) is 26.3 Å². The summed E-state index contributed by atoms with van der Waals surface area (Å²) >= 11 is 0. The number of benzene rings is 2. The molecule has 134 valence electrons. The number of hydrogen-bond donors (Lipinski definition) is 2. The summed E-state index contributed by atoms with van der Waals surface area (Å²) in [4.78, 5) is 2.09. The van der Waals surface area contributed by atoms with E-state index in [1.165, 1.54) is 5.56 Å². The Bertz CT molecular complexity index is 606. The maximum atomic E-state index is 6.18. The summed E-state index contributed by atoms with van der Waals surface area (Å²) in [6, 6.07) is 20.1. The third kappa shape index (κ3) is 6.23. The predicted molar refractivity (Wildman–Crippen MR) is 104 cm³/mol. The number of hydrogen-bond acceptors (Lipinski definition) is 5. The Balaban J connectivity index is 1.81. The van der Waals surface area contributed by atoms with Gasteiger partial charge < -0.3 is 20.4 Å². The molecule has 5 heteroatoms. The van der Waals surface area contributed by atoms with E-state index in [2.05, 4.69) is 23.6 Å². The van der Waals surface area contributed by atoms with Crippen LogP contribution in [0.15, 0.2) is 73.4 Å². The Labute approximate surface area is 150 Å². The van der Waals surface area contributed by atoms with Gasteiger partial charge in [0, 0.05) is 13.1 Å². The minimum absolute atomic E-state index is 0.0723. The maximum absolute atomic E-state index is 6.18. The highest BCUT2D eigenvalue weighted by Crippen LogP contribution is 2.11.